The first-order valence-corrected chi connectivity index (χ1v) is 7.49. The minimum Gasteiger partial charge on any atom is -0.496 e. The minimum absolute atomic E-state index is 0.0335. The fourth-order valence-corrected chi connectivity index (χ4v) is 2.63. The van der Waals surface area contributed by atoms with E-state index in [1.54, 1.807) is 28.0 Å². The Morgan fingerprint density at radius 2 is 1.55 bits per heavy atom. The molecule has 1 aromatic rings. The Labute approximate surface area is 134 Å². The topological polar surface area (TPSA) is 59.1 Å². The van der Waals surface area contributed by atoms with Crippen molar-refractivity contribution in [1.82, 2.24) is 9.80 Å². The van der Waals surface area contributed by atoms with Gasteiger partial charge in [0.05, 0.1) is 14.2 Å². The lowest BCUT2D eigenvalue weighted by Gasteiger charge is -2.34. The first-order valence-electron chi connectivity index (χ1n) is 6.96. The summed E-state index contributed by atoms with van der Waals surface area (Å²) in [5.41, 5.74) is 0.407. The summed E-state index contributed by atoms with van der Waals surface area (Å²) in [5.74, 6) is 0.650. The first-order chi connectivity index (χ1) is 10.6. The van der Waals surface area contributed by atoms with Gasteiger partial charge in [-0.3, -0.25) is 9.59 Å². The van der Waals surface area contributed by atoms with Crippen molar-refractivity contribution in [3.05, 3.63) is 23.8 Å². The third-order valence-corrected chi connectivity index (χ3v) is 3.90. The Balaban J connectivity index is 2.15. The highest BCUT2D eigenvalue weighted by Gasteiger charge is 2.28. The van der Waals surface area contributed by atoms with Gasteiger partial charge >= 0.3 is 0 Å². The molecular weight excluding hydrogens is 308 g/mol. The number of rotatable bonds is 4. The summed E-state index contributed by atoms with van der Waals surface area (Å²) in [5, 5.41) is 0. The van der Waals surface area contributed by atoms with Gasteiger partial charge in [0.25, 0.3) is 5.91 Å². The van der Waals surface area contributed by atoms with Crippen LogP contribution in [0, 0.1) is 0 Å². The Morgan fingerprint density at radius 1 is 1.05 bits per heavy atom. The molecule has 0 radical (unpaired) electrons. The smallest absolute Gasteiger partial charge is 0.261 e. The number of methoxy groups -OCH3 is 2. The number of hydrogen-bond acceptors (Lipinski definition) is 4. The number of hydrogen-bond donors (Lipinski definition) is 0. The van der Waals surface area contributed by atoms with E-state index in [-0.39, 0.29) is 17.7 Å². The third kappa shape index (κ3) is 3.27. The van der Waals surface area contributed by atoms with Gasteiger partial charge in [-0.25, -0.2) is 0 Å². The number of amides is 2. The van der Waals surface area contributed by atoms with E-state index in [0.29, 0.717) is 43.2 Å². The fourth-order valence-electron chi connectivity index (χ4n) is 2.46. The van der Waals surface area contributed by atoms with Gasteiger partial charge in [-0.05, 0) is 12.1 Å². The third-order valence-electron chi connectivity index (χ3n) is 3.68. The van der Waals surface area contributed by atoms with Crippen LogP contribution in [0.4, 0.5) is 0 Å². The molecule has 2 rings (SSSR count). The van der Waals surface area contributed by atoms with Crippen LogP contribution in [0.5, 0.6) is 11.5 Å². The molecule has 120 valence electrons. The highest BCUT2D eigenvalue weighted by atomic mass is 35.5. The SMILES string of the molecule is COc1cccc(OC)c1C(=O)N1CCN(C(=O)CCl)CC1. The van der Waals surface area contributed by atoms with Crippen LogP contribution < -0.4 is 9.47 Å². The quantitative estimate of drug-likeness (QED) is 0.781. The average molecular weight is 327 g/mol. The second-order valence-corrected chi connectivity index (χ2v) is 5.11. The van der Waals surface area contributed by atoms with Crippen LogP contribution in [0.3, 0.4) is 0 Å². The van der Waals surface area contributed by atoms with Gasteiger partial charge in [-0.15, -0.1) is 11.6 Å². The molecule has 1 heterocycles. The largest absolute Gasteiger partial charge is 0.496 e. The highest BCUT2D eigenvalue weighted by Crippen LogP contribution is 2.29. The molecular formula is C15H19ClN2O4. The van der Waals surface area contributed by atoms with Crippen molar-refractivity contribution in [2.45, 2.75) is 0 Å². The number of ether oxygens (including phenoxy) is 2. The van der Waals surface area contributed by atoms with Crippen molar-refractivity contribution in [3.8, 4) is 11.5 Å². The van der Waals surface area contributed by atoms with E-state index >= 15 is 0 Å². The number of carbonyl (C=O) groups excluding carboxylic acids is 2. The number of piperazine rings is 1. The number of halogens is 1. The van der Waals surface area contributed by atoms with Crippen LogP contribution in [0.15, 0.2) is 18.2 Å². The van der Waals surface area contributed by atoms with E-state index < -0.39 is 0 Å². The van der Waals surface area contributed by atoms with Crippen LogP contribution in [-0.4, -0.2) is 67.9 Å². The maximum Gasteiger partial charge on any atom is 0.261 e. The zero-order valence-electron chi connectivity index (χ0n) is 12.7. The van der Waals surface area contributed by atoms with E-state index in [9.17, 15) is 9.59 Å². The molecule has 1 aliphatic heterocycles. The Bertz CT molecular complexity index is 534. The molecule has 0 spiro atoms. The molecule has 22 heavy (non-hydrogen) atoms. The second-order valence-electron chi connectivity index (χ2n) is 4.84. The average Bonchev–Trinajstić information content (AvgIpc) is 2.59. The predicted octanol–water partition coefficient (Wildman–Crippen LogP) is 1.23. The zero-order chi connectivity index (χ0) is 16.1. The van der Waals surface area contributed by atoms with Crippen molar-refractivity contribution in [3.63, 3.8) is 0 Å². The monoisotopic (exact) mass is 326 g/mol. The predicted molar refractivity (Wildman–Crippen MR) is 82.7 cm³/mol. The molecule has 0 unspecified atom stereocenters. The number of benzene rings is 1. The number of alkyl halides is 1. The minimum atomic E-state index is -0.160. The fraction of sp³-hybridized carbons (Fsp3) is 0.467. The molecule has 0 aromatic heterocycles. The maximum absolute atomic E-state index is 12.7. The molecule has 0 bridgehead atoms. The summed E-state index contributed by atoms with van der Waals surface area (Å²) >= 11 is 5.55. The molecule has 1 fully saturated rings. The van der Waals surface area contributed by atoms with E-state index in [1.165, 1.54) is 14.2 Å². The lowest BCUT2D eigenvalue weighted by atomic mass is 10.1. The van der Waals surface area contributed by atoms with Crippen LogP contribution in [-0.2, 0) is 4.79 Å². The van der Waals surface area contributed by atoms with Crippen molar-refractivity contribution in [2.24, 2.45) is 0 Å². The highest BCUT2D eigenvalue weighted by molar-refractivity contribution is 6.27. The van der Waals surface area contributed by atoms with Crippen LogP contribution in [0.25, 0.3) is 0 Å². The van der Waals surface area contributed by atoms with Gasteiger partial charge in [0.1, 0.15) is 22.9 Å². The molecule has 2 amide bonds. The van der Waals surface area contributed by atoms with Crippen molar-refractivity contribution < 1.29 is 19.1 Å². The molecule has 6 nitrogen and oxygen atoms in total. The molecule has 0 aliphatic carbocycles. The first kappa shape index (κ1) is 16.4. The summed E-state index contributed by atoms with van der Waals surface area (Å²) in [6, 6.07) is 5.22. The van der Waals surface area contributed by atoms with E-state index in [4.69, 9.17) is 21.1 Å². The van der Waals surface area contributed by atoms with Crippen LogP contribution in [0.1, 0.15) is 10.4 Å². The molecule has 1 aromatic carbocycles. The number of nitrogens with zero attached hydrogens (tertiary/aromatic N) is 2. The summed E-state index contributed by atoms with van der Waals surface area (Å²) in [6.45, 7) is 1.88. The molecule has 1 saturated heterocycles. The molecule has 1 aliphatic rings. The van der Waals surface area contributed by atoms with Crippen molar-refractivity contribution >= 4 is 23.4 Å². The molecule has 0 saturated carbocycles. The van der Waals surface area contributed by atoms with Crippen molar-refractivity contribution in [1.29, 1.82) is 0 Å². The Morgan fingerprint density at radius 3 is 2.00 bits per heavy atom. The van der Waals surface area contributed by atoms with Gasteiger partial charge in [-0.2, -0.15) is 0 Å². The number of carbonyl (C=O) groups is 2. The van der Waals surface area contributed by atoms with Crippen LogP contribution >= 0.6 is 11.6 Å². The summed E-state index contributed by atoms with van der Waals surface area (Å²) < 4.78 is 10.5. The van der Waals surface area contributed by atoms with Gasteiger partial charge in [0.15, 0.2) is 0 Å². The second kappa shape index (κ2) is 7.35. The van der Waals surface area contributed by atoms with E-state index in [0.717, 1.165) is 0 Å². The molecule has 0 atom stereocenters. The maximum atomic E-state index is 12.7. The van der Waals surface area contributed by atoms with E-state index in [1.807, 2.05) is 0 Å². The van der Waals surface area contributed by atoms with E-state index in [2.05, 4.69) is 0 Å². The van der Waals surface area contributed by atoms with Crippen LogP contribution in [0.2, 0.25) is 0 Å². The zero-order valence-corrected chi connectivity index (χ0v) is 13.4. The Kier molecular flexibility index (Phi) is 5.49. The van der Waals surface area contributed by atoms with Gasteiger partial charge in [-0.1, -0.05) is 6.07 Å². The summed E-state index contributed by atoms with van der Waals surface area (Å²) in [7, 11) is 3.03. The lowest BCUT2D eigenvalue weighted by molar-refractivity contribution is -0.129. The van der Waals surface area contributed by atoms with Gasteiger partial charge in [0, 0.05) is 26.2 Å². The summed E-state index contributed by atoms with van der Waals surface area (Å²) in [6.07, 6.45) is 0. The summed E-state index contributed by atoms with van der Waals surface area (Å²) in [4.78, 5) is 27.7. The van der Waals surface area contributed by atoms with Gasteiger partial charge in [0.2, 0.25) is 5.91 Å². The van der Waals surface area contributed by atoms with Gasteiger partial charge < -0.3 is 19.3 Å². The Hall–Kier alpha value is -1.95. The lowest BCUT2D eigenvalue weighted by Crippen LogP contribution is -2.51. The van der Waals surface area contributed by atoms with Crippen molar-refractivity contribution in [2.75, 3.05) is 46.3 Å². The normalized spacial score (nSPS) is 14.7. The molecule has 0 N–H and O–H groups in total. The standard InChI is InChI=1S/C15H19ClN2O4/c1-21-11-4-3-5-12(22-2)14(11)15(20)18-8-6-17(7-9-18)13(19)10-16/h3-5H,6-10H2,1-2H3. The molecule has 7 heteroatoms.